The average Bonchev–Trinajstić information content (AvgIpc) is 0.722. The zero-order chi connectivity index (χ0) is 4.50. The van der Waals surface area contributed by atoms with Crippen LogP contribution in [0.5, 0.6) is 0 Å². The van der Waals surface area contributed by atoms with Crippen LogP contribution in [0.15, 0.2) is 0 Å². The molecule has 1 nitrogen and oxygen atoms in total. The molecule has 0 rings (SSSR count). The molecule has 0 aliphatic rings. The van der Waals surface area contributed by atoms with E-state index in [1.54, 1.807) is 0 Å². The zero-order valence-corrected chi connectivity index (χ0v) is 9.94. The number of rotatable bonds is 0. The Bertz CT molecular complexity index is 53.0. The van der Waals surface area contributed by atoms with Crippen LogP contribution in [0, 0.1) is 24.1 Å². The van der Waals surface area contributed by atoms with Crippen molar-refractivity contribution in [3.05, 3.63) is 0 Å². The average molecular weight is 396 g/mol. The Kier molecular flexibility index (Phi) is 4.28. The zero-order valence-electron chi connectivity index (χ0n) is 2.04. The molecule has 0 amide bonds. The fourth-order valence-corrected chi connectivity index (χ4v) is 0. The molecule has 0 unspecified atom stereocenters. The first kappa shape index (κ1) is 7.62. The molecule has 0 aromatic rings. The third-order valence-electron chi connectivity index (χ3n) is 0. The van der Waals surface area contributed by atoms with E-state index in [1.165, 1.54) is 0 Å². The van der Waals surface area contributed by atoms with E-state index in [2.05, 4.69) is 26.4 Å². The second kappa shape index (κ2) is 2.81. The number of hydrogen-bond acceptors (Lipinski definition) is 1. The van der Waals surface area contributed by atoms with Crippen LogP contribution in [0.4, 0.5) is 0 Å². The van der Waals surface area contributed by atoms with E-state index in [0.717, 1.165) is 0 Å². The van der Waals surface area contributed by atoms with Gasteiger partial charge >= 0.3 is 51.5 Å². The Morgan fingerprint density at radius 3 is 1.20 bits per heavy atom. The molecule has 0 radical (unpaired) electrons. The summed E-state index contributed by atoms with van der Waals surface area (Å²) < 4.78 is 10.1. The van der Waals surface area contributed by atoms with E-state index < -0.39 is 24.1 Å². The van der Waals surface area contributed by atoms with Gasteiger partial charge in [0.2, 0.25) is 0 Å². The van der Waals surface area contributed by atoms with Crippen LogP contribution in [-0.2, 0) is 0.938 Å². The first-order valence-corrected chi connectivity index (χ1v) is 22.9. The van der Waals surface area contributed by atoms with Crippen molar-refractivity contribution < 1.29 is 25.1 Å². The predicted molar refractivity (Wildman–Crippen MR) is 27.5 cm³/mol. The molecule has 31 valence electrons. The van der Waals surface area contributed by atoms with E-state index in [1.807, 2.05) is 0 Å². The van der Waals surface area contributed by atoms with Crippen LogP contribution in [0.25, 0.3) is 0 Å². The molecule has 0 aliphatic heterocycles. The normalized spacial score (nSPS) is 11.8. The summed E-state index contributed by atoms with van der Waals surface area (Å²) in [6, 6.07) is 0. The number of hydrogen-bond donors (Lipinski definition) is 0. The SMILES string of the molecule is [O]=[Ce]([Br])([Br])[Br]. The Morgan fingerprint density at radius 1 is 1.20 bits per heavy atom. The van der Waals surface area contributed by atoms with Gasteiger partial charge in [0.05, 0.1) is 0 Å². The minimum atomic E-state index is -3.09. The van der Waals surface area contributed by atoms with Gasteiger partial charge in [0.15, 0.2) is 0 Å². The van der Waals surface area contributed by atoms with E-state index in [-0.39, 0.29) is 0 Å². The van der Waals surface area contributed by atoms with E-state index in [0.29, 0.717) is 0 Å². The van der Waals surface area contributed by atoms with Crippen molar-refractivity contribution in [2.45, 2.75) is 0 Å². The Labute approximate surface area is 49.6 Å². The third-order valence-corrected chi connectivity index (χ3v) is 0. The van der Waals surface area contributed by atoms with Gasteiger partial charge in [-0.15, -0.1) is 0 Å². The summed E-state index contributed by atoms with van der Waals surface area (Å²) in [4.78, 5) is 0. The van der Waals surface area contributed by atoms with Crippen molar-refractivity contribution in [3.8, 4) is 0 Å². The Balaban J connectivity index is 3.47. The molecule has 0 spiro atoms. The van der Waals surface area contributed by atoms with Crippen LogP contribution in [0.2, 0.25) is 0 Å². The summed E-state index contributed by atoms with van der Waals surface area (Å²) >= 11 is -3.09. The second-order valence-electron chi connectivity index (χ2n) is 0.446. The molecule has 0 fully saturated rings. The first-order valence-electron chi connectivity index (χ1n) is 0.771. The fraction of sp³-hybridized carbons (Fsp3) is 0. The summed E-state index contributed by atoms with van der Waals surface area (Å²) in [6.45, 7) is 0. The van der Waals surface area contributed by atoms with E-state index >= 15 is 0 Å². The van der Waals surface area contributed by atoms with Crippen molar-refractivity contribution >= 4 is 26.4 Å². The van der Waals surface area contributed by atoms with Gasteiger partial charge in [-0.25, -0.2) is 0 Å². The van der Waals surface area contributed by atoms with Gasteiger partial charge in [-0.05, 0) is 0 Å². The molecule has 0 aromatic heterocycles. The van der Waals surface area contributed by atoms with Crippen molar-refractivity contribution in [2.75, 3.05) is 0 Å². The molecule has 5 heavy (non-hydrogen) atoms. The molecule has 5 heteroatoms. The minimum absolute atomic E-state index is 2.88. The van der Waals surface area contributed by atoms with Gasteiger partial charge < -0.3 is 0 Å². The van der Waals surface area contributed by atoms with Gasteiger partial charge in [-0.3, -0.25) is 0 Å². The summed E-state index contributed by atoms with van der Waals surface area (Å²) in [7, 11) is 8.62. The first-order chi connectivity index (χ1) is 2.00. The molecule has 0 heterocycles. The third kappa shape index (κ3) is 20.6. The van der Waals surface area contributed by atoms with Crippen LogP contribution in [-0.4, -0.2) is 0 Å². The molecule has 0 N–H and O–H groups in total. The molecule has 0 atom stereocenters. The quantitative estimate of drug-likeness (QED) is 0.615. The van der Waals surface area contributed by atoms with Crippen LogP contribution in [0.3, 0.4) is 0 Å². The summed E-state index contributed by atoms with van der Waals surface area (Å²) in [5.41, 5.74) is 0. The van der Waals surface area contributed by atoms with Gasteiger partial charge in [0.1, 0.15) is 0 Å². The molecule has 0 aliphatic carbocycles. The Morgan fingerprint density at radius 2 is 1.20 bits per heavy atom. The topological polar surface area (TPSA) is 17.1 Å². The van der Waals surface area contributed by atoms with Crippen LogP contribution >= 0.6 is 26.4 Å². The monoisotopic (exact) mass is 393 g/mol. The predicted octanol–water partition coefficient (Wildman–Crippen LogP) is 2.42. The molecule has 0 saturated heterocycles. The standard InChI is InChI=1S/3BrH.Ce.O/h3*1H;;/q;;;+3;/p-3. The Hall–Kier alpha value is 2.62. The van der Waals surface area contributed by atoms with Gasteiger partial charge in [-0.1, -0.05) is 0 Å². The van der Waals surface area contributed by atoms with E-state index in [9.17, 15) is 0.938 Å². The fourth-order valence-electron chi connectivity index (χ4n) is 0. The number of halogens is 3. The molecular weight excluding hydrogens is 396 g/mol. The van der Waals surface area contributed by atoms with E-state index in [4.69, 9.17) is 0 Å². The molecule has 0 bridgehead atoms. The van der Waals surface area contributed by atoms with Crippen molar-refractivity contribution in [1.82, 2.24) is 0 Å². The maximum atomic E-state index is 10.1. The van der Waals surface area contributed by atoms with Gasteiger partial charge in [0, 0.05) is 0 Å². The van der Waals surface area contributed by atoms with Crippen LogP contribution in [0.1, 0.15) is 0 Å². The van der Waals surface area contributed by atoms with Crippen LogP contribution < -0.4 is 0 Å². The summed E-state index contributed by atoms with van der Waals surface area (Å²) in [5, 5.41) is 0. The van der Waals surface area contributed by atoms with Gasteiger partial charge in [0.25, 0.3) is 0 Å². The maximum absolute atomic E-state index is 10.1. The molecular formula is Br3CeO. The summed E-state index contributed by atoms with van der Waals surface area (Å²) in [6.07, 6.45) is 0. The summed E-state index contributed by atoms with van der Waals surface area (Å²) in [5.74, 6) is 0. The molecule has 0 saturated carbocycles. The van der Waals surface area contributed by atoms with Crippen molar-refractivity contribution in [2.24, 2.45) is 0 Å². The van der Waals surface area contributed by atoms with Crippen molar-refractivity contribution in [3.63, 3.8) is 0 Å². The second-order valence-corrected chi connectivity index (χ2v) is 50.9. The molecule has 0 aromatic carbocycles. The van der Waals surface area contributed by atoms with Gasteiger partial charge in [-0.2, -0.15) is 0 Å². The van der Waals surface area contributed by atoms with Crippen molar-refractivity contribution in [1.29, 1.82) is 0 Å².